The van der Waals surface area contributed by atoms with Crippen LogP contribution in [0.25, 0.3) is 10.8 Å². The first kappa shape index (κ1) is 15.9. The van der Waals surface area contributed by atoms with Gasteiger partial charge in [0, 0.05) is 24.3 Å². The Morgan fingerprint density at radius 1 is 1.16 bits per heavy atom. The van der Waals surface area contributed by atoms with Crippen molar-refractivity contribution < 1.29 is 9.53 Å². The first-order chi connectivity index (χ1) is 12.1. The van der Waals surface area contributed by atoms with Crippen LogP contribution in [0.4, 0.5) is 0 Å². The van der Waals surface area contributed by atoms with Gasteiger partial charge in [-0.2, -0.15) is 5.26 Å². The molecule has 0 spiro atoms. The molecular formula is C21H20N2O2. The number of nitrogens with zero attached hydrogens (tertiary/aromatic N) is 1. The van der Waals surface area contributed by atoms with Crippen LogP contribution < -0.4 is 5.73 Å². The van der Waals surface area contributed by atoms with Crippen molar-refractivity contribution in [2.75, 3.05) is 0 Å². The van der Waals surface area contributed by atoms with Crippen molar-refractivity contribution >= 4 is 16.6 Å². The highest BCUT2D eigenvalue weighted by Gasteiger charge is 2.44. The minimum absolute atomic E-state index is 0.0825. The van der Waals surface area contributed by atoms with E-state index in [1.165, 1.54) is 0 Å². The van der Waals surface area contributed by atoms with Gasteiger partial charge in [-0.05, 0) is 22.3 Å². The smallest absolute Gasteiger partial charge is 0.164 e. The molecule has 2 aliphatic rings. The maximum Gasteiger partial charge on any atom is 0.164 e. The maximum absolute atomic E-state index is 12.8. The van der Waals surface area contributed by atoms with Crippen molar-refractivity contribution in [2.24, 2.45) is 17.6 Å². The van der Waals surface area contributed by atoms with Crippen LogP contribution in [0, 0.1) is 23.2 Å². The molecule has 1 heterocycles. The molecule has 0 saturated carbocycles. The molecule has 4 heteroatoms. The average Bonchev–Trinajstić information content (AvgIpc) is 2.59. The number of ether oxygens (including phenoxy) is 1. The Morgan fingerprint density at radius 3 is 2.68 bits per heavy atom. The van der Waals surface area contributed by atoms with Crippen molar-refractivity contribution in [3.05, 3.63) is 59.4 Å². The van der Waals surface area contributed by atoms with Crippen LogP contribution in [-0.2, 0) is 9.53 Å². The molecule has 0 radical (unpaired) electrons. The predicted molar refractivity (Wildman–Crippen MR) is 95.3 cm³/mol. The summed E-state index contributed by atoms with van der Waals surface area (Å²) in [5.41, 5.74) is 7.75. The number of nitrogens with two attached hydrogens (primary N) is 1. The number of carbonyl (C=O) groups excluding carboxylic acids is 1. The topological polar surface area (TPSA) is 76.1 Å². The van der Waals surface area contributed by atoms with Gasteiger partial charge in [0.1, 0.15) is 11.7 Å². The van der Waals surface area contributed by atoms with E-state index in [1.807, 2.05) is 37.3 Å². The highest BCUT2D eigenvalue weighted by Crippen LogP contribution is 2.45. The molecule has 4 rings (SSSR count). The fourth-order valence-corrected chi connectivity index (χ4v) is 4.07. The van der Waals surface area contributed by atoms with Gasteiger partial charge >= 0.3 is 0 Å². The zero-order chi connectivity index (χ0) is 17.6. The normalized spacial score (nSPS) is 29.1. The molecule has 0 fully saturated rings. The number of nitriles is 1. The van der Waals surface area contributed by atoms with E-state index in [0.29, 0.717) is 24.2 Å². The third kappa shape index (κ3) is 2.61. The maximum atomic E-state index is 12.8. The van der Waals surface area contributed by atoms with E-state index in [1.54, 1.807) is 0 Å². The third-order valence-electron chi connectivity index (χ3n) is 5.25. The zero-order valence-electron chi connectivity index (χ0n) is 14.1. The molecule has 25 heavy (non-hydrogen) atoms. The van der Waals surface area contributed by atoms with Crippen LogP contribution >= 0.6 is 0 Å². The molecule has 1 aliphatic carbocycles. The van der Waals surface area contributed by atoms with E-state index >= 15 is 0 Å². The summed E-state index contributed by atoms with van der Waals surface area (Å²) in [6.45, 7) is 2.04. The summed E-state index contributed by atoms with van der Waals surface area (Å²) >= 11 is 0. The van der Waals surface area contributed by atoms with Crippen molar-refractivity contribution in [1.29, 1.82) is 5.26 Å². The Labute approximate surface area is 146 Å². The summed E-state index contributed by atoms with van der Waals surface area (Å²) in [7, 11) is 0. The van der Waals surface area contributed by atoms with E-state index in [2.05, 4.69) is 18.2 Å². The number of fused-ring (bicyclic) bond motifs is 1. The zero-order valence-corrected chi connectivity index (χ0v) is 14.1. The van der Waals surface area contributed by atoms with E-state index in [9.17, 15) is 10.1 Å². The second-order valence-corrected chi connectivity index (χ2v) is 7.10. The summed E-state index contributed by atoms with van der Waals surface area (Å²) in [5, 5.41) is 11.9. The van der Waals surface area contributed by atoms with E-state index in [0.717, 1.165) is 16.3 Å². The molecule has 1 aliphatic heterocycles. The number of benzene rings is 2. The van der Waals surface area contributed by atoms with Gasteiger partial charge in [0.25, 0.3) is 0 Å². The second-order valence-electron chi connectivity index (χ2n) is 7.10. The predicted octanol–water partition coefficient (Wildman–Crippen LogP) is 3.63. The Morgan fingerprint density at radius 2 is 1.92 bits per heavy atom. The largest absolute Gasteiger partial charge is 0.478 e. The molecule has 126 valence electrons. The SMILES string of the molecule is C[C@@H]1CC(=O)C2=C(C1)O[C@H](N)[C@H](C#N)[C@H]2c1ccc2ccccc2c1. The van der Waals surface area contributed by atoms with Gasteiger partial charge in [-0.25, -0.2) is 0 Å². The Kier molecular flexibility index (Phi) is 3.82. The molecule has 4 atom stereocenters. The number of ketones is 1. The lowest BCUT2D eigenvalue weighted by atomic mass is 9.72. The minimum atomic E-state index is -0.710. The first-order valence-electron chi connectivity index (χ1n) is 8.65. The number of allylic oxidation sites excluding steroid dienone is 2. The van der Waals surface area contributed by atoms with Crippen molar-refractivity contribution in [3.8, 4) is 6.07 Å². The highest BCUT2D eigenvalue weighted by atomic mass is 16.5. The summed E-state index contributed by atoms with van der Waals surface area (Å²) in [4.78, 5) is 12.8. The highest BCUT2D eigenvalue weighted by molar-refractivity contribution is 5.99. The Bertz CT molecular complexity index is 925. The van der Waals surface area contributed by atoms with E-state index < -0.39 is 12.1 Å². The van der Waals surface area contributed by atoms with Gasteiger partial charge in [-0.15, -0.1) is 0 Å². The standard InChI is InChI=1S/C21H20N2O2/c1-12-8-17(24)20-18(9-12)25-21(23)16(11-22)19(20)15-7-6-13-4-2-3-5-14(13)10-15/h2-7,10,12,16,19,21H,8-9,23H2,1H3/t12-,16-,19-,21+/m1/s1. The molecule has 0 aromatic heterocycles. The minimum Gasteiger partial charge on any atom is -0.478 e. The third-order valence-corrected chi connectivity index (χ3v) is 5.25. The molecule has 2 aromatic carbocycles. The second kappa shape index (κ2) is 6.02. The quantitative estimate of drug-likeness (QED) is 0.865. The number of Topliss-reactive ketones (excluding diaryl/α,β-unsaturated/α-hetero) is 1. The van der Waals surface area contributed by atoms with Crippen LogP contribution in [0.15, 0.2) is 53.8 Å². The Hall–Kier alpha value is -2.64. The van der Waals surface area contributed by atoms with Crippen molar-refractivity contribution in [1.82, 2.24) is 0 Å². The number of hydrogen-bond donors (Lipinski definition) is 1. The molecule has 2 aromatic rings. The first-order valence-corrected chi connectivity index (χ1v) is 8.65. The summed E-state index contributed by atoms with van der Waals surface area (Å²) in [5.74, 6) is 0.111. The monoisotopic (exact) mass is 332 g/mol. The fourth-order valence-electron chi connectivity index (χ4n) is 4.07. The number of hydrogen-bond acceptors (Lipinski definition) is 4. The van der Waals surface area contributed by atoms with Gasteiger partial charge in [-0.3, -0.25) is 10.5 Å². The molecule has 2 N–H and O–H groups in total. The molecule has 0 amide bonds. The lowest BCUT2D eigenvalue weighted by Crippen LogP contribution is -2.43. The van der Waals surface area contributed by atoms with Gasteiger partial charge in [-0.1, -0.05) is 49.4 Å². The van der Waals surface area contributed by atoms with Crippen molar-refractivity contribution in [2.45, 2.75) is 31.9 Å². The molecular weight excluding hydrogens is 312 g/mol. The summed E-state index contributed by atoms with van der Waals surface area (Å²) in [6, 6.07) is 16.5. The summed E-state index contributed by atoms with van der Waals surface area (Å²) < 4.78 is 5.79. The Balaban J connectivity index is 1.89. The van der Waals surface area contributed by atoms with Crippen molar-refractivity contribution in [3.63, 3.8) is 0 Å². The fraction of sp³-hybridized carbons (Fsp3) is 0.333. The van der Waals surface area contributed by atoms with Crippen LogP contribution in [-0.4, -0.2) is 12.0 Å². The number of carbonyl (C=O) groups is 1. The van der Waals surface area contributed by atoms with Gasteiger partial charge in [0.2, 0.25) is 0 Å². The van der Waals surface area contributed by atoms with Gasteiger partial charge < -0.3 is 4.74 Å². The molecule has 0 unspecified atom stereocenters. The van der Waals surface area contributed by atoms with Gasteiger partial charge in [0.15, 0.2) is 12.0 Å². The van der Waals surface area contributed by atoms with Crippen LogP contribution in [0.2, 0.25) is 0 Å². The lowest BCUT2D eigenvalue weighted by molar-refractivity contribution is -0.118. The molecule has 0 bridgehead atoms. The molecule has 4 nitrogen and oxygen atoms in total. The van der Waals surface area contributed by atoms with E-state index in [4.69, 9.17) is 10.5 Å². The molecule has 0 saturated heterocycles. The van der Waals surface area contributed by atoms with Crippen LogP contribution in [0.5, 0.6) is 0 Å². The van der Waals surface area contributed by atoms with Crippen LogP contribution in [0.3, 0.4) is 0 Å². The van der Waals surface area contributed by atoms with E-state index in [-0.39, 0.29) is 17.6 Å². The van der Waals surface area contributed by atoms with Gasteiger partial charge in [0.05, 0.1) is 6.07 Å². The van der Waals surface area contributed by atoms with Crippen LogP contribution in [0.1, 0.15) is 31.2 Å². The number of rotatable bonds is 1. The summed E-state index contributed by atoms with van der Waals surface area (Å²) in [6.07, 6.45) is 0.495. The lowest BCUT2D eigenvalue weighted by Gasteiger charge is -2.39. The average molecular weight is 332 g/mol.